The van der Waals surface area contributed by atoms with Crippen LogP contribution >= 0.6 is 0 Å². The van der Waals surface area contributed by atoms with E-state index in [9.17, 15) is 14.9 Å². The number of hydrogen-bond donors (Lipinski definition) is 0. The van der Waals surface area contributed by atoms with Crippen molar-refractivity contribution in [3.63, 3.8) is 0 Å². The minimum Gasteiger partial charge on any atom is -0.436 e. The molecule has 0 N–H and O–H groups in total. The Kier molecular flexibility index (Phi) is 2.74. The van der Waals surface area contributed by atoms with Crippen molar-refractivity contribution in [3.8, 4) is 11.5 Å². The summed E-state index contributed by atoms with van der Waals surface area (Å²) in [6.07, 6.45) is 0. The second-order valence-electron chi connectivity index (χ2n) is 4.91. The molecule has 0 radical (unpaired) electrons. The summed E-state index contributed by atoms with van der Waals surface area (Å²) in [4.78, 5) is 26.6. The second-order valence-corrected chi connectivity index (χ2v) is 4.91. The third kappa shape index (κ3) is 2.15. The molecule has 0 amide bonds. The normalized spacial score (nSPS) is 11.1. The largest absolute Gasteiger partial charge is 0.436 e. The number of nitro groups is 1. The van der Waals surface area contributed by atoms with Gasteiger partial charge in [-0.05, 0) is 18.2 Å². The van der Waals surface area contributed by atoms with E-state index < -0.39 is 10.5 Å². The lowest BCUT2D eigenvalue weighted by atomic mass is 10.2. The van der Waals surface area contributed by atoms with Crippen LogP contribution in [0.3, 0.4) is 0 Å². The summed E-state index contributed by atoms with van der Waals surface area (Å²) < 4.78 is 10.8. The summed E-state index contributed by atoms with van der Waals surface area (Å²) in [6.45, 7) is 0. The van der Waals surface area contributed by atoms with E-state index in [0.29, 0.717) is 16.7 Å². The van der Waals surface area contributed by atoms with Gasteiger partial charge in [-0.15, -0.1) is 0 Å². The third-order valence-electron chi connectivity index (χ3n) is 3.45. The van der Waals surface area contributed by atoms with E-state index in [4.69, 9.17) is 8.83 Å². The van der Waals surface area contributed by atoms with E-state index in [0.717, 1.165) is 5.39 Å². The maximum Gasteiger partial charge on any atom is 0.349 e. The van der Waals surface area contributed by atoms with E-state index >= 15 is 0 Å². The first-order chi connectivity index (χ1) is 11.1. The maximum atomic E-state index is 12.1. The lowest BCUT2D eigenvalue weighted by molar-refractivity contribution is -0.384. The second kappa shape index (κ2) is 4.77. The van der Waals surface area contributed by atoms with Gasteiger partial charge < -0.3 is 8.83 Å². The summed E-state index contributed by atoms with van der Waals surface area (Å²) in [6, 6.07) is 12.8. The van der Waals surface area contributed by atoms with Gasteiger partial charge in [-0.1, -0.05) is 18.2 Å². The predicted molar refractivity (Wildman–Crippen MR) is 82.1 cm³/mol. The Balaban J connectivity index is 1.93. The van der Waals surface area contributed by atoms with Crippen LogP contribution in [-0.2, 0) is 0 Å². The molecule has 2 aromatic carbocycles. The standard InChI is InChI=1S/C16H8N2O5/c19-16-11(7-9-3-1-2-4-13(9)23-16)15-17-12-8-10(18(20)21)5-6-14(12)22-15/h1-8H. The SMILES string of the molecule is O=c1oc2ccccc2cc1-c1nc2cc([N+](=O)[O-])ccc2o1. The molecule has 23 heavy (non-hydrogen) atoms. The zero-order valence-corrected chi connectivity index (χ0v) is 11.6. The van der Waals surface area contributed by atoms with Crippen LogP contribution in [0.1, 0.15) is 0 Å². The van der Waals surface area contributed by atoms with Crippen molar-refractivity contribution in [2.45, 2.75) is 0 Å². The molecule has 0 atom stereocenters. The van der Waals surface area contributed by atoms with Crippen molar-refractivity contribution in [2.75, 3.05) is 0 Å². The molecule has 0 saturated carbocycles. The summed E-state index contributed by atoms with van der Waals surface area (Å²) in [5.41, 5.74) is 0.628. The van der Waals surface area contributed by atoms with Crippen molar-refractivity contribution in [2.24, 2.45) is 0 Å². The molecule has 0 aliphatic carbocycles. The van der Waals surface area contributed by atoms with Crippen molar-refractivity contribution < 1.29 is 13.8 Å². The van der Waals surface area contributed by atoms with Crippen molar-refractivity contribution in [3.05, 3.63) is 69.1 Å². The van der Waals surface area contributed by atoms with Gasteiger partial charge in [-0.25, -0.2) is 9.78 Å². The van der Waals surface area contributed by atoms with Gasteiger partial charge in [0, 0.05) is 17.5 Å². The minimum atomic E-state index is -0.579. The molecule has 112 valence electrons. The molecule has 0 bridgehead atoms. The average molecular weight is 308 g/mol. The van der Waals surface area contributed by atoms with E-state index in [-0.39, 0.29) is 17.1 Å². The number of aromatic nitrogens is 1. The molecule has 4 aromatic rings. The molecule has 0 aliphatic rings. The van der Waals surface area contributed by atoms with E-state index in [1.54, 1.807) is 24.3 Å². The summed E-state index contributed by atoms with van der Waals surface area (Å²) >= 11 is 0. The zero-order valence-electron chi connectivity index (χ0n) is 11.6. The van der Waals surface area contributed by atoms with Gasteiger partial charge in [0.2, 0.25) is 5.89 Å². The van der Waals surface area contributed by atoms with Gasteiger partial charge in [0.15, 0.2) is 5.58 Å². The summed E-state index contributed by atoms with van der Waals surface area (Å²) in [7, 11) is 0. The number of rotatable bonds is 2. The number of benzene rings is 2. The van der Waals surface area contributed by atoms with Gasteiger partial charge in [0.1, 0.15) is 16.7 Å². The highest BCUT2D eigenvalue weighted by molar-refractivity contribution is 5.82. The molecule has 0 saturated heterocycles. The van der Waals surface area contributed by atoms with E-state index in [1.807, 2.05) is 6.07 Å². The lowest BCUT2D eigenvalue weighted by Crippen LogP contribution is -2.02. The van der Waals surface area contributed by atoms with Gasteiger partial charge in [-0.3, -0.25) is 10.1 Å². The Hall–Kier alpha value is -3.48. The highest BCUT2D eigenvalue weighted by Gasteiger charge is 2.16. The number of nitro benzene ring substituents is 1. The molecule has 7 heteroatoms. The topological polar surface area (TPSA) is 99.4 Å². The van der Waals surface area contributed by atoms with Crippen LogP contribution in [0.15, 0.2) is 62.2 Å². The van der Waals surface area contributed by atoms with Crippen LogP contribution in [0.4, 0.5) is 5.69 Å². The van der Waals surface area contributed by atoms with Crippen LogP contribution in [0, 0.1) is 10.1 Å². The first-order valence-corrected chi connectivity index (χ1v) is 6.70. The van der Waals surface area contributed by atoms with E-state index in [1.165, 1.54) is 18.2 Å². The van der Waals surface area contributed by atoms with Gasteiger partial charge in [-0.2, -0.15) is 0 Å². The number of non-ortho nitro benzene ring substituents is 1. The lowest BCUT2D eigenvalue weighted by Gasteiger charge is -1.97. The van der Waals surface area contributed by atoms with Gasteiger partial charge >= 0.3 is 5.63 Å². The number of oxazole rings is 1. The Bertz CT molecular complexity index is 1130. The van der Waals surface area contributed by atoms with E-state index in [2.05, 4.69) is 4.98 Å². The monoisotopic (exact) mass is 308 g/mol. The van der Waals surface area contributed by atoms with Gasteiger partial charge in [0.05, 0.1) is 4.92 Å². The zero-order chi connectivity index (χ0) is 16.0. The number of para-hydroxylation sites is 1. The first kappa shape index (κ1) is 13.2. The van der Waals surface area contributed by atoms with Crippen LogP contribution < -0.4 is 5.63 Å². The van der Waals surface area contributed by atoms with Crippen molar-refractivity contribution >= 4 is 27.8 Å². The van der Waals surface area contributed by atoms with Crippen LogP contribution in [0.5, 0.6) is 0 Å². The summed E-state index contributed by atoms with van der Waals surface area (Å²) in [5.74, 6) is 0.0694. The Labute approximate surface area is 127 Å². The maximum absolute atomic E-state index is 12.1. The van der Waals surface area contributed by atoms with Crippen molar-refractivity contribution in [1.82, 2.24) is 4.98 Å². The van der Waals surface area contributed by atoms with Crippen LogP contribution in [0.25, 0.3) is 33.5 Å². The number of hydrogen-bond acceptors (Lipinski definition) is 6. The molecule has 2 heterocycles. The Morgan fingerprint density at radius 2 is 1.83 bits per heavy atom. The van der Waals surface area contributed by atoms with Crippen molar-refractivity contribution in [1.29, 1.82) is 0 Å². The van der Waals surface area contributed by atoms with Crippen LogP contribution in [0.2, 0.25) is 0 Å². The first-order valence-electron chi connectivity index (χ1n) is 6.70. The number of fused-ring (bicyclic) bond motifs is 2. The fourth-order valence-corrected chi connectivity index (χ4v) is 2.36. The molecule has 7 nitrogen and oxygen atoms in total. The molecule has 0 aliphatic heterocycles. The molecule has 0 unspecified atom stereocenters. The minimum absolute atomic E-state index is 0.0694. The smallest absolute Gasteiger partial charge is 0.349 e. The molecular formula is C16H8N2O5. The average Bonchev–Trinajstić information content (AvgIpc) is 2.96. The van der Waals surface area contributed by atoms with Gasteiger partial charge in [0.25, 0.3) is 5.69 Å². The Morgan fingerprint density at radius 1 is 1.00 bits per heavy atom. The molecule has 0 spiro atoms. The predicted octanol–water partition coefficient (Wildman–Crippen LogP) is 3.51. The quantitative estimate of drug-likeness (QED) is 0.319. The summed E-state index contributed by atoms with van der Waals surface area (Å²) in [5, 5.41) is 11.5. The highest BCUT2D eigenvalue weighted by Crippen LogP contribution is 2.26. The third-order valence-corrected chi connectivity index (χ3v) is 3.45. The molecular weight excluding hydrogens is 300 g/mol. The fourth-order valence-electron chi connectivity index (χ4n) is 2.36. The molecule has 4 rings (SSSR count). The fraction of sp³-hybridized carbons (Fsp3) is 0. The Morgan fingerprint density at radius 3 is 2.65 bits per heavy atom. The van der Waals surface area contributed by atoms with Crippen LogP contribution in [-0.4, -0.2) is 9.91 Å². The number of nitrogens with zero attached hydrogens (tertiary/aromatic N) is 2. The highest BCUT2D eigenvalue weighted by atomic mass is 16.6. The molecule has 0 fully saturated rings. The molecule has 2 aromatic heterocycles.